The van der Waals surface area contributed by atoms with Gasteiger partial charge in [-0.3, -0.25) is 4.99 Å². The number of hydrogen-bond acceptors (Lipinski definition) is 1. The molecular weight excluding hydrogens is 146 g/mol. The molecule has 0 atom stereocenters. The normalized spacial score (nSPS) is 18.8. The number of hydrogen-bond donors (Lipinski definition) is 0. The molecule has 1 heterocycles. The Balaban J connectivity index is 2.46. The molecule has 1 nitrogen and oxygen atoms in total. The highest BCUT2D eigenvalue weighted by Gasteiger charge is 2.21. The summed E-state index contributed by atoms with van der Waals surface area (Å²) in [4.78, 5) is 4.35. The molecule has 0 saturated heterocycles. The van der Waals surface area contributed by atoms with Gasteiger partial charge in [-0.2, -0.15) is 0 Å². The van der Waals surface area contributed by atoms with Crippen molar-refractivity contribution >= 4 is 6.21 Å². The number of rotatable bonds is 0. The van der Waals surface area contributed by atoms with Gasteiger partial charge in [0.05, 0.1) is 11.8 Å². The van der Waals surface area contributed by atoms with Crippen LogP contribution in [0.4, 0.5) is 0 Å². The molecule has 0 spiro atoms. The van der Waals surface area contributed by atoms with Gasteiger partial charge < -0.3 is 0 Å². The van der Waals surface area contributed by atoms with E-state index in [0.29, 0.717) is 0 Å². The van der Waals surface area contributed by atoms with E-state index < -0.39 is 0 Å². The van der Waals surface area contributed by atoms with Crippen LogP contribution < -0.4 is 0 Å². The molecule has 1 aromatic carbocycles. The molecule has 1 aliphatic heterocycles. The molecule has 0 fully saturated rings. The van der Waals surface area contributed by atoms with Crippen LogP contribution in [-0.2, 0) is 6.42 Å². The molecule has 12 heavy (non-hydrogen) atoms. The molecule has 0 saturated carbocycles. The van der Waals surface area contributed by atoms with Crippen LogP contribution >= 0.6 is 0 Å². The fraction of sp³-hybridized carbons (Fsp3) is 0.364. The predicted octanol–water partition coefficient (Wildman–Crippen LogP) is 2.32. The summed E-state index contributed by atoms with van der Waals surface area (Å²) < 4.78 is 0. The minimum Gasteiger partial charge on any atom is -0.276 e. The average Bonchev–Trinajstić information content (AvgIpc) is 2.02. The Hall–Kier alpha value is -1.11. The molecule has 61 valence electrons. The number of benzene rings is 1. The van der Waals surface area contributed by atoms with E-state index in [9.17, 15) is 0 Å². The quantitative estimate of drug-likeness (QED) is 0.549. The zero-order chi connectivity index (χ0) is 8.60. The SMILES string of the molecule is CC1(C)Cc2ccccc2[C]=N1. The molecule has 1 aromatic rings. The average molecular weight is 158 g/mol. The molecule has 0 aliphatic carbocycles. The first-order chi connectivity index (χ1) is 5.67. The van der Waals surface area contributed by atoms with E-state index in [1.807, 2.05) is 6.07 Å². The van der Waals surface area contributed by atoms with Crippen molar-refractivity contribution in [1.82, 2.24) is 0 Å². The van der Waals surface area contributed by atoms with Crippen molar-refractivity contribution in [2.75, 3.05) is 0 Å². The molecule has 1 aliphatic rings. The van der Waals surface area contributed by atoms with Crippen LogP contribution in [0.25, 0.3) is 0 Å². The van der Waals surface area contributed by atoms with Gasteiger partial charge in [0.2, 0.25) is 0 Å². The molecule has 0 bridgehead atoms. The molecule has 0 amide bonds. The third-order valence-electron chi connectivity index (χ3n) is 2.12. The van der Waals surface area contributed by atoms with Gasteiger partial charge in [-0.05, 0) is 25.8 Å². The highest BCUT2D eigenvalue weighted by atomic mass is 14.8. The molecule has 1 heteroatoms. The van der Waals surface area contributed by atoms with Gasteiger partial charge in [0, 0.05) is 5.56 Å². The Bertz CT molecular complexity index is 324. The highest BCUT2D eigenvalue weighted by Crippen LogP contribution is 2.23. The standard InChI is InChI=1S/C11H12N/c1-11(2)7-9-5-3-4-6-10(9)8-12-11/h3-6H,7H2,1-2H3. The van der Waals surface area contributed by atoms with Crippen LogP contribution in [0.2, 0.25) is 0 Å². The van der Waals surface area contributed by atoms with Crippen molar-refractivity contribution in [1.29, 1.82) is 0 Å². The minimum atomic E-state index is 0.0361. The van der Waals surface area contributed by atoms with Gasteiger partial charge >= 0.3 is 0 Å². The number of aliphatic imine (C=N–C) groups is 1. The molecule has 2 rings (SSSR count). The van der Waals surface area contributed by atoms with Gasteiger partial charge in [-0.15, -0.1) is 0 Å². The van der Waals surface area contributed by atoms with Crippen LogP contribution in [0.5, 0.6) is 0 Å². The maximum absolute atomic E-state index is 4.35. The zero-order valence-electron chi connectivity index (χ0n) is 7.46. The van der Waals surface area contributed by atoms with Crippen molar-refractivity contribution in [2.45, 2.75) is 25.8 Å². The Labute approximate surface area is 73.1 Å². The van der Waals surface area contributed by atoms with E-state index in [4.69, 9.17) is 0 Å². The Morgan fingerprint density at radius 3 is 2.92 bits per heavy atom. The Morgan fingerprint density at radius 1 is 1.33 bits per heavy atom. The van der Waals surface area contributed by atoms with Gasteiger partial charge in [0.1, 0.15) is 0 Å². The highest BCUT2D eigenvalue weighted by molar-refractivity contribution is 5.83. The lowest BCUT2D eigenvalue weighted by Crippen LogP contribution is -2.24. The fourth-order valence-corrected chi connectivity index (χ4v) is 1.50. The molecule has 0 aromatic heterocycles. The maximum atomic E-state index is 4.35. The summed E-state index contributed by atoms with van der Waals surface area (Å²) in [7, 11) is 0. The van der Waals surface area contributed by atoms with E-state index in [1.54, 1.807) is 0 Å². The first kappa shape index (κ1) is 7.53. The van der Waals surface area contributed by atoms with Crippen LogP contribution in [-0.4, -0.2) is 11.8 Å². The largest absolute Gasteiger partial charge is 0.276 e. The molecule has 0 N–H and O–H groups in total. The predicted molar refractivity (Wildman–Crippen MR) is 50.8 cm³/mol. The third kappa shape index (κ3) is 1.27. The van der Waals surface area contributed by atoms with E-state index in [-0.39, 0.29) is 5.54 Å². The number of fused-ring (bicyclic) bond motifs is 1. The van der Waals surface area contributed by atoms with Gasteiger partial charge in [0.15, 0.2) is 0 Å². The molecular formula is C11H12N. The van der Waals surface area contributed by atoms with E-state index in [1.165, 1.54) is 5.56 Å². The van der Waals surface area contributed by atoms with Crippen LogP contribution in [0.3, 0.4) is 0 Å². The van der Waals surface area contributed by atoms with Crippen LogP contribution in [0.15, 0.2) is 29.3 Å². The van der Waals surface area contributed by atoms with E-state index >= 15 is 0 Å². The monoisotopic (exact) mass is 158 g/mol. The fourth-order valence-electron chi connectivity index (χ4n) is 1.50. The summed E-state index contributed by atoms with van der Waals surface area (Å²) in [5, 5.41) is 0. The Kier molecular flexibility index (Phi) is 1.53. The van der Waals surface area contributed by atoms with Gasteiger partial charge in [0.25, 0.3) is 0 Å². The topological polar surface area (TPSA) is 12.4 Å². The van der Waals surface area contributed by atoms with E-state index in [2.05, 4.69) is 43.3 Å². The zero-order valence-corrected chi connectivity index (χ0v) is 7.46. The van der Waals surface area contributed by atoms with Gasteiger partial charge in [-0.25, -0.2) is 0 Å². The minimum absolute atomic E-state index is 0.0361. The first-order valence-electron chi connectivity index (χ1n) is 4.23. The lowest BCUT2D eigenvalue weighted by molar-refractivity contribution is 0.516. The maximum Gasteiger partial charge on any atom is 0.0914 e. The second-order valence-electron chi connectivity index (χ2n) is 3.87. The molecule has 1 radical (unpaired) electrons. The second-order valence-corrected chi connectivity index (χ2v) is 3.87. The van der Waals surface area contributed by atoms with Crippen molar-refractivity contribution in [3.05, 3.63) is 35.4 Å². The first-order valence-corrected chi connectivity index (χ1v) is 4.23. The van der Waals surface area contributed by atoms with Crippen molar-refractivity contribution < 1.29 is 0 Å². The summed E-state index contributed by atoms with van der Waals surface area (Å²) >= 11 is 0. The number of nitrogens with zero attached hydrogens (tertiary/aromatic N) is 1. The summed E-state index contributed by atoms with van der Waals surface area (Å²) in [5.41, 5.74) is 2.54. The van der Waals surface area contributed by atoms with Crippen molar-refractivity contribution in [2.24, 2.45) is 4.99 Å². The second kappa shape index (κ2) is 2.44. The van der Waals surface area contributed by atoms with E-state index in [0.717, 1.165) is 12.0 Å². The summed E-state index contributed by atoms with van der Waals surface area (Å²) in [6, 6.07) is 8.31. The lowest BCUT2D eigenvalue weighted by atomic mass is 9.90. The third-order valence-corrected chi connectivity index (χ3v) is 2.12. The van der Waals surface area contributed by atoms with Crippen LogP contribution in [0.1, 0.15) is 25.0 Å². The summed E-state index contributed by atoms with van der Waals surface area (Å²) in [6.45, 7) is 4.27. The van der Waals surface area contributed by atoms with Crippen molar-refractivity contribution in [3.63, 3.8) is 0 Å². The molecule has 0 unspecified atom stereocenters. The van der Waals surface area contributed by atoms with Gasteiger partial charge in [-0.1, -0.05) is 24.3 Å². The van der Waals surface area contributed by atoms with Crippen LogP contribution in [0, 0.1) is 0 Å². The lowest BCUT2D eigenvalue weighted by Gasteiger charge is -2.24. The summed E-state index contributed by atoms with van der Waals surface area (Å²) in [6.07, 6.45) is 4.10. The summed E-state index contributed by atoms with van der Waals surface area (Å²) in [5.74, 6) is 0. The smallest absolute Gasteiger partial charge is 0.0914 e. The van der Waals surface area contributed by atoms with Crippen molar-refractivity contribution in [3.8, 4) is 0 Å². The Morgan fingerprint density at radius 2 is 2.08 bits per heavy atom.